The summed E-state index contributed by atoms with van der Waals surface area (Å²) in [5.41, 5.74) is 3.35. The lowest BCUT2D eigenvalue weighted by molar-refractivity contribution is 0.857. The molecular weight excluding hydrogens is 298 g/mol. The average molecular weight is 319 g/mol. The van der Waals surface area contributed by atoms with E-state index in [1.165, 1.54) is 24.1 Å². The van der Waals surface area contributed by atoms with E-state index in [-0.39, 0.29) is 0 Å². The topological polar surface area (TPSA) is 62.7 Å². The van der Waals surface area contributed by atoms with Gasteiger partial charge >= 0.3 is 0 Å². The number of nitrogens with zero attached hydrogens (tertiary/aromatic N) is 3. The molecule has 0 spiro atoms. The second kappa shape index (κ2) is 6.07. The lowest BCUT2D eigenvalue weighted by Gasteiger charge is -2.16. The summed E-state index contributed by atoms with van der Waals surface area (Å²) in [6.07, 6.45) is 8.04. The maximum absolute atomic E-state index is 4.62. The van der Waals surface area contributed by atoms with Gasteiger partial charge in [-0.1, -0.05) is 13.8 Å². The lowest BCUT2D eigenvalue weighted by Crippen LogP contribution is -2.07. The largest absolute Gasteiger partial charge is 0.382 e. The SMILES string of the molecule is CC(C)c1cnc(Nc2ccc3cnccc3n2)cc1NC1CC1. The second-order valence-electron chi connectivity index (χ2n) is 6.62. The van der Waals surface area contributed by atoms with Crippen molar-refractivity contribution < 1.29 is 0 Å². The second-order valence-corrected chi connectivity index (χ2v) is 6.62. The highest BCUT2D eigenvalue weighted by molar-refractivity contribution is 5.79. The highest BCUT2D eigenvalue weighted by Gasteiger charge is 2.22. The van der Waals surface area contributed by atoms with Gasteiger partial charge in [0.25, 0.3) is 0 Å². The van der Waals surface area contributed by atoms with Gasteiger partial charge in [-0.3, -0.25) is 4.98 Å². The zero-order valence-electron chi connectivity index (χ0n) is 14.0. The summed E-state index contributed by atoms with van der Waals surface area (Å²) >= 11 is 0. The fourth-order valence-electron chi connectivity index (χ4n) is 2.73. The third-order valence-electron chi connectivity index (χ3n) is 4.24. The number of anilines is 3. The number of rotatable bonds is 5. The van der Waals surface area contributed by atoms with Crippen LogP contribution in [0.3, 0.4) is 0 Å². The van der Waals surface area contributed by atoms with Crippen molar-refractivity contribution in [2.24, 2.45) is 0 Å². The van der Waals surface area contributed by atoms with E-state index in [1.807, 2.05) is 30.6 Å². The Kier molecular flexibility index (Phi) is 3.76. The fourth-order valence-corrected chi connectivity index (χ4v) is 2.73. The van der Waals surface area contributed by atoms with Crippen LogP contribution < -0.4 is 10.6 Å². The summed E-state index contributed by atoms with van der Waals surface area (Å²) < 4.78 is 0. The van der Waals surface area contributed by atoms with Gasteiger partial charge in [0, 0.05) is 41.8 Å². The number of pyridine rings is 3. The first-order valence-corrected chi connectivity index (χ1v) is 8.43. The predicted octanol–water partition coefficient (Wildman–Crippen LogP) is 4.47. The summed E-state index contributed by atoms with van der Waals surface area (Å²) in [7, 11) is 0. The normalized spacial score (nSPS) is 14.1. The van der Waals surface area contributed by atoms with E-state index in [1.54, 1.807) is 6.20 Å². The van der Waals surface area contributed by atoms with Gasteiger partial charge in [-0.2, -0.15) is 0 Å². The van der Waals surface area contributed by atoms with Gasteiger partial charge in [0.15, 0.2) is 0 Å². The van der Waals surface area contributed by atoms with Crippen LogP contribution in [-0.2, 0) is 0 Å². The van der Waals surface area contributed by atoms with Crippen LogP contribution in [0.5, 0.6) is 0 Å². The molecule has 122 valence electrons. The van der Waals surface area contributed by atoms with E-state index in [4.69, 9.17) is 0 Å². The molecule has 24 heavy (non-hydrogen) atoms. The van der Waals surface area contributed by atoms with Gasteiger partial charge in [0.2, 0.25) is 0 Å². The predicted molar refractivity (Wildman–Crippen MR) is 97.8 cm³/mol. The van der Waals surface area contributed by atoms with Crippen LogP contribution in [0.25, 0.3) is 10.9 Å². The van der Waals surface area contributed by atoms with Crippen LogP contribution in [-0.4, -0.2) is 21.0 Å². The zero-order valence-corrected chi connectivity index (χ0v) is 14.0. The molecule has 0 amide bonds. The first-order chi connectivity index (χ1) is 11.7. The van der Waals surface area contributed by atoms with Crippen molar-refractivity contribution in [1.29, 1.82) is 0 Å². The molecule has 0 radical (unpaired) electrons. The Morgan fingerprint density at radius 1 is 1.08 bits per heavy atom. The van der Waals surface area contributed by atoms with Crippen molar-refractivity contribution in [2.45, 2.75) is 38.6 Å². The minimum Gasteiger partial charge on any atom is -0.382 e. The van der Waals surface area contributed by atoms with E-state index < -0.39 is 0 Å². The summed E-state index contributed by atoms with van der Waals surface area (Å²) in [5.74, 6) is 2.04. The molecule has 1 aliphatic rings. The molecule has 1 fully saturated rings. The third-order valence-corrected chi connectivity index (χ3v) is 4.24. The molecule has 4 rings (SSSR count). The first kappa shape index (κ1) is 14.9. The smallest absolute Gasteiger partial charge is 0.133 e. The standard InChI is InChI=1S/C19H21N5/c1-12(2)15-11-21-19(9-17(15)22-14-4-5-14)24-18-6-3-13-10-20-8-7-16(13)23-18/h3,6-12,14H,4-5H2,1-2H3,(H2,21,22,23,24). The van der Waals surface area contributed by atoms with E-state index in [2.05, 4.69) is 45.5 Å². The van der Waals surface area contributed by atoms with Crippen molar-refractivity contribution in [3.8, 4) is 0 Å². The Bertz CT molecular complexity index is 871. The number of hydrogen-bond acceptors (Lipinski definition) is 5. The molecule has 3 aromatic heterocycles. The van der Waals surface area contributed by atoms with E-state index in [0.29, 0.717) is 12.0 Å². The Hall–Kier alpha value is -2.69. The van der Waals surface area contributed by atoms with E-state index in [0.717, 1.165) is 22.5 Å². The summed E-state index contributed by atoms with van der Waals surface area (Å²) in [4.78, 5) is 13.3. The van der Waals surface area contributed by atoms with Crippen molar-refractivity contribution in [1.82, 2.24) is 15.0 Å². The molecular formula is C19H21N5. The van der Waals surface area contributed by atoms with Crippen LogP contribution in [0.1, 0.15) is 38.2 Å². The van der Waals surface area contributed by atoms with Gasteiger partial charge in [0.05, 0.1) is 5.52 Å². The molecule has 5 nitrogen and oxygen atoms in total. The molecule has 0 atom stereocenters. The molecule has 3 heterocycles. The van der Waals surface area contributed by atoms with Crippen molar-refractivity contribution >= 4 is 28.2 Å². The summed E-state index contributed by atoms with van der Waals surface area (Å²) in [5, 5.41) is 7.96. The van der Waals surface area contributed by atoms with Gasteiger partial charge in [-0.25, -0.2) is 9.97 Å². The van der Waals surface area contributed by atoms with Crippen molar-refractivity contribution in [3.05, 3.63) is 48.4 Å². The molecule has 0 bridgehead atoms. The summed E-state index contributed by atoms with van der Waals surface area (Å²) in [6.45, 7) is 4.39. The average Bonchev–Trinajstić information content (AvgIpc) is 3.39. The molecule has 1 saturated carbocycles. The van der Waals surface area contributed by atoms with Crippen LogP contribution in [0.2, 0.25) is 0 Å². The quantitative estimate of drug-likeness (QED) is 0.726. The highest BCUT2D eigenvalue weighted by atomic mass is 15.1. The zero-order chi connectivity index (χ0) is 16.5. The van der Waals surface area contributed by atoms with E-state index in [9.17, 15) is 0 Å². The van der Waals surface area contributed by atoms with Gasteiger partial charge in [-0.15, -0.1) is 0 Å². The van der Waals surface area contributed by atoms with Crippen molar-refractivity contribution in [3.63, 3.8) is 0 Å². The Morgan fingerprint density at radius 3 is 2.75 bits per heavy atom. The lowest BCUT2D eigenvalue weighted by atomic mass is 10.0. The minimum absolute atomic E-state index is 0.444. The Balaban J connectivity index is 1.62. The van der Waals surface area contributed by atoms with Gasteiger partial charge < -0.3 is 10.6 Å². The Morgan fingerprint density at radius 2 is 1.96 bits per heavy atom. The number of aromatic nitrogens is 3. The monoisotopic (exact) mass is 319 g/mol. The molecule has 2 N–H and O–H groups in total. The summed E-state index contributed by atoms with van der Waals surface area (Å²) in [6, 6.07) is 8.59. The Labute approximate surface area is 141 Å². The maximum Gasteiger partial charge on any atom is 0.133 e. The third kappa shape index (κ3) is 3.15. The minimum atomic E-state index is 0.444. The molecule has 0 unspecified atom stereocenters. The maximum atomic E-state index is 4.62. The number of fused-ring (bicyclic) bond motifs is 1. The van der Waals surface area contributed by atoms with Gasteiger partial charge in [-0.05, 0) is 42.5 Å². The first-order valence-electron chi connectivity index (χ1n) is 8.43. The molecule has 0 aliphatic heterocycles. The fraction of sp³-hybridized carbons (Fsp3) is 0.316. The van der Waals surface area contributed by atoms with Crippen molar-refractivity contribution in [2.75, 3.05) is 10.6 Å². The van der Waals surface area contributed by atoms with Crippen LogP contribution >= 0.6 is 0 Å². The van der Waals surface area contributed by atoms with E-state index >= 15 is 0 Å². The molecule has 5 heteroatoms. The molecule has 0 saturated heterocycles. The van der Waals surface area contributed by atoms with Crippen LogP contribution in [0.4, 0.5) is 17.3 Å². The molecule has 3 aromatic rings. The molecule has 0 aromatic carbocycles. The van der Waals surface area contributed by atoms with Crippen LogP contribution in [0.15, 0.2) is 42.9 Å². The number of nitrogens with one attached hydrogen (secondary N) is 2. The van der Waals surface area contributed by atoms with Crippen LogP contribution in [0, 0.1) is 0 Å². The number of hydrogen-bond donors (Lipinski definition) is 2. The molecule has 1 aliphatic carbocycles. The van der Waals surface area contributed by atoms with Gasteiger partial charge in [0.1, 0.15) is 11.6 Å². The highest BCUT2D eigenvalue weighted by Crippen LogP contribution is 2.32.